The second kappa shape index (κ2) is 5.92. The van der Waals surface area contributed by atoms with Gasteiger partial charge in [-0.25, -0.2) is 0 Å². The molecule has 7 nitrogen and oxygen atoms in total. The van der Waals surface area contributed by atoms with Gasteiger partial charge in [0.15, 0.2) is 5.60 Å². The Labute approximate surface area is 128 Å². The first kappa shape index (κ1) is 16.2. The van der Waals surface area contributed by atoms with Gasteiger partial charge in [-0.15, -0.1) is 0 Å². The first-order chi connectivity index (χ1) is 10.2. The normalized spacial score (nSPS) is 21.9. The van der Waals surface area contributed by atoms with Crippen LogP contribution in [0.3, 0.4) is 0 Å². The van der Waals surface area contributed by atoms with Crippen molar-refractivity contribution in [1.29, 1.82) is 0 Å². The third-order valence-corrected chi connectivity index (χ3v) is 3.87. The molecule has 0 aliphatic carbocycles. The molecule has 1 aromatic rings. The minimum absolute atomic E-state index is 0.0343. The maximum absolute atomic E-state index is 12.5. The average Bonchev–Trinajstić information content (AvgIpc) is 2.46. The maximum Gasteiger partial charge on any atom is 0.261 e. The molecule has 120 valence electrons. The number of morpholine rings is 1. The molecular formula is C15H21N3O4. The van der Waals surface area contributed by atoms with Crippen LogP contribution in [-0.2, 0) is 9.53 Å². The molecule has 0 aromatic carbocycles. The summed E-state index contributed by atoms with van der Waals surface area (Å²) in [6.45, 7) is 5.99. The van der Waals surface area contributed by atoms with E-state index in [4.69, 9.17) is 10.5 Å². The largest absolute Gasteiger partial charge is 0.367 e. The number of nitrogens with two attached hydrogens (primary N) is 1. The molecule has 1 aliphatic heterocycles. The predicted molar refractivity (Wildman–Crippen MR) is 80.6 cm³/mol. The van der Waals surface area contributed by atoms with Crippen LogP contribution >= 0.6 is 0 Å². The highest BCUT2D eigenvalue weighted by molar-refractivity contribution is 5.94. The molecule has 0 radical (unpaired) electrons. The third-order valence-electron chi connectivity index (χ3n) is 3.87. The van der Waals surface area contributed by atoms with Crippen molar-refractivity contribution in [3.05, 3.63) is 33.7 Å². The van der Waals surface area contributed by atoms with Gasteiger partial charge in [0.05, 0.1) is 13.2 Å². The maximum atomic E-state index is 12.5. The molecule has 2 heterocycles. The topological polar surface area (TPSA) is 105 Å². The number of ether oxygens (including phenoxy) is 1. The summed E-state index contributed by atoms with van der Waals surface area (Å²) in [5.41, 5.74) is 4.49. The molecule has 1 atom stereocenters. The number of aromatic nitrogens is 1. The molecule has 22 heavy (non-hydrogen) atoms. The number of H-pyrrole nitrogens is 1. The first-order valence-electron chi connectivity index (χ1n) is 7.21. The Kier molecular flexibility index (Phi) is 4.37. The van der Waals surface area contributed by atoms with E-state index in [-0.39, 0.29) is 24.6 Å². The molecule has 1 aromatic heterocycles. The van der Waals surface area contributed by atoms with Gasteiger partial charge in [0.1, 0.15) is 5.56 Å². The van der Waals surface area contributed by atoms with Crippen LogP contribution in [0.5, 0.6) is 0 Å². The smallest absolute Gasteiger partial charge is 0.261 e. The van der Waals surface area contributed by atoms with Crippen molar-refractivity contribution in [2.45, 2.75) is 32.3 Å². The van der Waals surface area contributed by atoms with Crippen LogP contribution in [-0.4, -0.2) is 47.0 Å². The standard InChI is InChI=1S/C15H21N3O4/c1-9(2)11-5-4-10(12(19)17-11)13(20)18-6-7-22-15(3,8-18)14(16)21/h4-5,9H,6-8H2,1-3H3,(H2,16,21)(H,17,19)/t15-/m1/s1. The van der Waals surface area contributed by atoms with Crippen molar-refractivity contribution >= 4 is 11.8 Å². The molecule has 0 spiro atoms. The Balaban J connectivity index is 2.25. The molecule has 2 rings (SSSR count). The molecular weight excluding hydrogens is 286 g/mol. The van der Waals surface area contributed by atoms with Gasteiger partial charge in [-0.1, -0.05) is 13.8 Å². The molecule has 1 saturated heterocycles. The van der Waals surface area contributed by atoms with Gasteiger partial charge in [-0.2, -0.15) is 0 Å². The second-order valence-electron chi connectivity index (χ2n) is 5.98. The van der Waals surface area contributed by atoms with Gasteiger partial charge in [0.25, 0.3) is 17.4 Å². The van der Waals surface area contributed by atoms with E-state index in [0.29, 0.717) is 6.54 Å². The van der Waals surface area contributed by atoms with E-state index < -0.39 is 23.0 Å². The molecule has 1 fully saturated rings. The Bertz CT molecular complexity index is 652. The number of hydrogen-bond acceptors (Lipinski definition) is 4. The zero-order valence-electron chi connectivity index (χ0n) is 13.0. The molecule has 0 saturated carbocycles. The lowest BCUT2D eigenvalue weighted by atomic mass is 10.0. The van der Waals surface area contributed by atoms with E-state index >= 15 is 0 Å². The summed E-state index contributed by atoms with van der Waals surface area (Å²) in [6.07, 6.45) is 0. The lowest BCUT2D eigenvalue weighted by Gasteiger charge is -2.38. The van der Waals surface area contributed by atoms with Gasteiger partial charge < -0.3 is 20.4 Å². The van der Waals surface area contributed by atoms with Crippen LogP contribution in [0.2, 0.25) is 0 Å². The van der Waals surface area contributed by atoms with Crippen molar-refractivity contribution in [2.24, 2.45) is 5.73 Å². The number of amides is 2. The van der Waals surface area contributed by atoms with E-state index in [0.717, 1.165) is 5.69 Å². The fourth-order valence-corrected chi connectivity index (χ4v) is 2.36. The van der Waals surface area contributed by atoms with Crippen LogP contribution in [0.1, 0.15) is 42.7 Å². The number of carbonyl (C=O) groups is 2. The number of pyridine rings is 1. The number of hydrogen-bond donors (Lipinski definition) is 2. The Morgan fingerprint density at radius 1 is 1.41 bits per heavy atom. The van der Waals surface area contributed by atoms with Gasteiger partial charge in [-0.05, 0) is 25.0 Å². The van der Waals surface area contributed by atoms with Crippen molar-refractivity contribution in [3.63, 3.8) is 0 Å². The second-order valence-corrected chi connectivity index (χ2v) is 5.98. The van der Waals surface area contributed by atoms with Gasteiger partial charge in [0, 0.05) is 12.2 Å². The van der Waals surface area contributed by atoms with Crippen LogP contribution in [0, 0.1) is 0 Å². The van der Waals surface area contributed by atoms with Crippen molar-refractivity contribution in [3.8, 4) is 0 Å². The number of primary amides is 1. The molecule has 3 N–H and O–H groups in total. The third kappa shape index (κ3) is 3.04. The van der Waals surface area contributed by atoms with Gasteiger partial charge in [-0.3, -0.25) is 14.4 Å². The summed E-state index contributed by atoms with van der Waals surface area (Å²) < 4.78 is 5.37. The van der Waals surface area contributed by atoms with Crippen molar-refractivity contribution in [2.75, 3.05) is 19.7 Å². The minimum Gasteiger partial charge on any atom is -0.367 e. The summed E-state index contributed by atoms with van der Waals surface area (Å²) in [6, 6.07) is 3.25. The molecule has 0 bridgehead atoms. The number of nitrogens with one attached hydrogen (secondary N) is 1. The highest BCUT2D eigenvalue weighted by Gasteiger charge is 2.39. The van der Waals surface area contributed by atoms with E-state index in [1.165, 1.54) is 11.0 Å². The lowest BCUT2D eigenvalue weighted by Crippen LogP contribution is -2.58. The summed E-state index contributed by atoms with van der Waals surface area (Å²) >= 11 is 0. The lowest BCUT2D eigenvalue weighted by molar-refractivity contribution is -0.150. The molecule has 0 unspecified atom stereocenters. The zero-order valence-corrected chi connectivity index (χ0v) is 13.0. The monoisotopic (exact) mass is 307 g/mol. The molecule has 7 heteroatoms. The van der Waals surface area contributed by atoms with E-state index in [9.17, 15) is 14.4 Å². The molecule has 2 amide bonds. The van der Waals surface area contributed by atoms with Crippen LogP contribution in [0.15, 0.2) is 16.9 Å². The number of carbonyl (C=O) groups excluding carboxylic acids is 2. The Hall–Kier alpha value is -2.15. The number of rotatable bonds is 3. The quantitative estimate of drug-likeness (QED) is 0.833. The van der Waals surface area contributed by atoms with E-state index in [1.807, 2.05) is 13.8 Å². The fraction of sp³-hybridized carbons (Fsp3) is 0.533. The van der Waals surface area contributed by atoms with Gasteiger partial charge in [0.2, 0.25) is 0 Å². The fourth-order valence-electron chi connectivity index (χ4n) is 2.36. The number of nitrogens with zero attached hydrogens (tertiary/aromatic N) is 1. The van der Waals surface area contributed by atoms with Crippen LogP contribution < -0.4 is 11.3 Å². The van der Waals surface area contributed by atoms with Crippen molar-refractivity contribution < 1.29 is 14.3 Å². The van der Waals surface area contributed by atoms with Crippen LogP contribution in [0.4, 0.5) is 0 Å². The highest BCUT2D eigenvalue weighted by Crippen LogP contribution is 2.18. The number of aromatic amines is 1. The summed E-state index contributed by atoms with van der Waals surface area (Å²) in [7, 11) is 0. The predicted octanol–water partition coefficient (Wildman–Crippen LogP) is 0.215. The first-order valence-corrected chi connectivity index (χ1v) is 7.21. The Morgan fingerprint density at radius 3 is 2.64 bits per heavy atom. The average molecular weight is 307 g/mol. The van der Waals surface area contributed by atoms with Gasteiger partial charge >= 0.3 is 0 Å². The summed E-state index contributed by atoms with van der Waals surface area (Å²) in [4.78, 5) is 40.2. The highest BCUT2D eigenvalue weighted by atomic mass is 16.5. The van der Waals surface area contributed by atoms with Crippen LogP contribution in [0.25, 0.3) is 0 Å². The SMILES string of the molecule is CC(C)c1ccc(C(=O)N2CCO[C@@](C)(C(N)=O)C2)c(=O)[nH]1. The van der Waals surface area contributed by atoms with E-state index in [2.05, 4.69) is 4.98 Å². The summed E-state index contributed by atoms with van der Waals surface area (Å²) in [5.74, 6) is -0.889. The molecule has 1 aliphatic rings. The minimum atomic E-state index is -1.22. The summed E-state index contributed by atoms with van der Waals surface area (Å²) in [5, 5.41) is 0. The van der Waals surface area contributed by atoms with Crippen molar-refractivity contribution in [1.82, 2.24) is 9.88 Å². The van der Waals surface area contributed by atoms with E-state index in [1.54, 1.807) is 13.0 Å². The zero-order chi connectivity index (χ0) is 16.5. The Morgan fingerprint density at radius 2 is 2.09 bits per heavy atom.